The summed E-state index contributed by atoms with van der Waals surface area (Å²) in [6.07, 6.45) is 6.52. The largest absolute Gasteiger partial charge is 0.469 e. The van der Waals surface area contributed by atoms with Gasteiger partial charge in [0, 0.05) is 30.8 Å². The first-order valence-corrected chi connectivity index (χ1v) is 19.7. The van der Waals surface area contributed by atoms with Gasteiger partial charge in [0.05, 0.1) is 50.0 Å². The number of fused-ring (bicyclic) bond motifs is 2. The van der Waals surface area contributed by atoms with Crippen molar-refractivity contribution in [3.63, 3.8) is 0 Å². The zero-order chi connectivity index (χ0) is 40.2. The molecule has 0 bridgehead atoms. The Balaban J connectivity index is 0.000000265. The summed E-state index contributed by atoms with van der Waals surface area (Å²) in [5, 5.41) is 3.59. The summed E-state index contributed by atoms with van der Waals surface area (Å²) in [5.74, 6) is -0.360. The number of hydrogen-bond donors (Lipinski definition) is 3. The van der Waals surface area contributed by atoms with Gasteiger partial charge in [-0.3, -0.25) is 14.4 Å². The zero-order valence-corrected chi connectivity index (χ0v) is 33.5. The molecule has 3 aromatic carbocycles. The molecule has 3 N–H and O–H groups in total. The summed E-state index contributed by atoms with van der Waals surface area (Å²) in [4.78, 5) is 62.2. The number of methoxy groups -OCH3 is 2. The number of rotatable bonds is 9. The smallest absolute Gasteiger partial charge is 0.407 e. The van der Waals surface area contributed by atoms with Crippen LogP contribution in [0.25, 0.3) is 44.2 Å². The van der Waals surface area contributed by atoms with E-state index in [-0.39, 0.29) is 48.6 Å². The van der Waals surface area contributed by atoms with Crippen molar-refractivity contribution in [3.8, 4) is 22.3 Å². The second-order valence-corrected chi connectivity index (χ2v) is 14.7. The first kappa shape index (κ1) is 41.5. The third kappa shape index (κ3) is 10.3. The van der Waals surface area contributed by atoms with Crippen LogP contribution in [0.15, 0.2) is 73.1 Å². The number of carbonyl (C=O) groups is 4. The molecule has 4 heterocycles. The molecule has 1 unspecified atom stereocenters. The minimum Gasteiger partial charge on any atom is -0.469 e. The van der Waals surface area contributed by atoms with Gasteiger partial charge in [0.25, 0.3) is 0 Å². The van der Waals surface area contributed by atoms with E-state index in [2.05, 4.69) is 104 Å². The van der Waals surface area contributed by atoms with Crippen molar-refractivity contribution in [1.82, 2.24) is 30.1 Å². The van der Waals surface area contributed by atoms with Crippen LogP contribution in [0.3, 0.4) is 0 Å². The number of benzene rings is 3. The second kappa shape index (κ2) is 19.8. The molecule has 2 fully saturated rings. The van der Waals surface area contributed by atoms with Gasteiger partial charge in [0.2, 0.25) is 11.8 Å². The van der Waals surface area contributed by atoms with E-state index in [1.165, 1.54) is 20.6 Å². The van der Waals surface area contributed by atoms with Crippen molar-refractivity contribution in [3.05, 3.63) is 78.8 Å². The molecule has 0 spiro atoms. The molecule has 5 aromatic rings. The molecule has 298 valence electrons. The Bertz CT molecular complexity index is 2080. The highest BCUT2D eigenvalue weighted by Crippen LogP contribution is 2.35. The number of esters is 1. The van der Waals surface area contributed by atoms with E-state index in [0.29, 0.717) is 6.54 Å². The van der Waals surface area contributed by atoms with Gasteiger partial charge in [-0.15, -0.1) is 0 Å². The molecule has 56 heavy (non-hydrogen) atoms. The van der Waals surface area contributed by atoms with Gasteiger partial charge in [-0.2, -0.15) is 0 Å². The molecule has 0 aliphatic carbocycles. The van der Waals surface area contributed by atoms with Gasteiger partial charge in [0.15, 0.2) is 0 Å². The van der Waals surface area contributed by atoms with E-state index in [4.69, 9.17) is 0 Å². The van der Waals surface area contributed by atoms with E-state index in [1.807, 2.05) is 29.7 Å². The van der Waals surface area contributed by atoms with Crippen molar-refractivity contribution in [2.24, 2.45) is 11.8 Å². The molecule has 12 heteroatoms. The van der Waals surface area contributed by atoms with E-state index in [0.717, 1.165) is 88.7 Å². The predicted octanol–water partition coefficient (Wildman–Crippen LogP) is 8.26. The molecule has 2 saturated heterocycles. The molecule has 12 nitrogen and oxygen atoms in total. The first-order valence-electron chi connectivity index (χ1n) is 19.7. The number of amides is 3. The first-order chi connectivity index (χ1) is 27.1. The Labute approximate surface area is 329 Å². The number of nitrogens with one attached hydrogen (secondary N) is 3. The highest BCUT2D eigenvalue weighted by Gasteiger charge is 2.32. The maximum atomic E-state index is 12.7. The molecule has 2 atom stereocenters. The third-order valence-corrected chi connectivity index (χ3v) is 10.3. The molecule has 0 saturated carbocycles. The lowest BCUT2D eigenvalue weighted by molar-refractivity contribution is -0.147. The molecule has 2 aliphatic rings. The zero-order valence-electron chi connectivity index (χ0n) is 33.5. The van der Waals surface area contributed by atoms with Crippen LogP contribution in [-0.2, 0) is 23.9 Å². The monoisotopic (exact) mass is 764 g/mol. The lowest BCUT2D eigenvalue weighted by Gasteiger charge is -2.24. The summed E-state index contributed by atoms with van der Waals surface area (Å²) in [6, 6.07) is 23.3. The Kier molecular flexibility index (Phi) is 14.7. The summed E-state index contributed by atoms with van der Waals surface area (Å²) < 4.78 is 9.21. The predicted molar refractivity (Wildman–Crippen MR) is 220 cm³/mol. The normalized spacial score (nSPS) is 15.5. The SMILES string of the molecule is CCC.COC(=O)C[C@H](C(=O)N1CCCC1)C(C)C.COC(=O)NCC(=O)N1CCCC1c1cc2ccc(-c3ccc(-c4ccc5nc[nH]c5c4)cc3)cc2[nH]1. The van der Waals surface area contributed by atoms with Gasteiger partial charge >= 0.3 is 12.1 Å². The minimum absolute atomic E-state index is 0.0331. The number of imidazole rings is 1. The average Bonchev–Trinajstić information content (AvgIpc) is 4.05. The van der Waals surface area contributed by atoms with Gasteiger partial charge in [-0.25, -0.2) is 9.78 Å². The van der Waals surface area contributed by atoms with Crippen molar-refractivity contribution < 1.29 is 28.7 Å². The fourth-order valence-electron chi connectivity index (χ4n) is 7.23. The number of alkyl carbamates (subject to hydrolysis) is 1. The third-order valence-electron chi connectivity index (χ3n) is 10.3. The molecule has 3 amide bonds. The highest BCUT2D eigenvalue weighted by atomic mass is 16.5. The summed E-state index contributed by atoms with van der Waals surface area (Å²) in [6.45, 7) is 10.5. The Morgan fingerprint density at radius 3 is 2.07 bits per heavy atom. The number of aromatic amines is 2. The Morgan fingerprint density at radius 2 is 1.45 bits per heavy atom. The number of carbonyl (C=O) groups excluding carboxylic acids is 4. The molecule has 2 aliphatic heterocycles. The van der Waals surface area contributed by atoms with E-state index in [1.54, 1.807) is 6.33 Å². The number of hydrogen-bond acceptors (Lipinski definition) is 7. The van der Waals surface area contributed by atoms with Crippen LogP contribution < -0.4 is 5.32 Å². The lowest BCUT2D eigenvalue weighted by Crippen LogP contribution is -2.39. The van der Waals surface area contributed by atoms with E-state index < -0.39 is 6.09 Å². The second-order valence-electron chi connectivity index (χ2n) is 14.7. The number of ether oxygens (including phenoxy) is 2. The molecular formula is C44H56N6O6. The fourth-order valence-corrected chi connectivity index (χ4v) is 7.23. The van der Waals surface area contributed by atoms with Crippen LogP contribution in [-0.4, -0.2) is 89.0 Å². The van der Waals surface area contributed by atoms with Crippen LogP contribution in [0.1, 0.15) is 78.0 Å². The molecule has 0 radical (unpaired) electrons. The summed E-state index contributed by atoms with van der Waals surface area (Å²) in [7, 11) is 2.65. The standard InChI is InChI=1S/C29H27N5O3.C12H21NO3.C3H8/c1-37-29(36)30-16-28(35)34-12-2-3-27(34)26-15-22-9-8-20(13-24(22)33-26)18-4-6-19(7-5-18)21-10-11-23-25(14-21)32-17-31-23;1-9(2)10(8-11(14)16-3)12(15)13-6-4-5-7-13;1-3-2/h4-11,13-15,17,27,33H,2-3,12,16H2,1H3,(H,30,36)(H,31,32);9-10H,4-8H2,1-3H3;3H2,1-2H3/t;10-;/m.0./s1. The minimum atomic E-state index is -0.603. The molecule has 7 rings (SSSR count). The van der Waals surface area contributed by atoms with E-state index in [9.17, 15) is 19.2 Å². The number of likely N-dealkylation sites (tertiary alicyclic amines) is 2. The van der Waals surface area contributed by atoms with Crippen LogP contribution in [0.2, 0.25) is 0 Å². The lowest BCUT2D eigenvalue weighted by atomic mass is 9.91. The Morgan fingerprint density at radius 1 is 0.821 bits per heavy atom. The quantitative estimate of drug-likeness (QED) is 0.128. The van der Waals surface area contributed by atoms with Crippen LogP contribution in [0.5, 0.6) is 0 Å². The summed E-state index contributed by atoms with van der Waals surface area (Å²) >= 11 is 0. The summed E-state index contributed by atoms with van der Waals surface area (Å²) in [5.41, 5.74) is 8.59. The van der Waals surface area contributed by atoms with Gasteiger partial charge < -0.3 is 34.6 Å². The number of H-pyrrole nitrogens is 2. The number of aromatic nitrogens is 3. The topological polar surface area (TPSA) is 150 Å². The highest BCUT2D eigenvalue weighted by molar-refractivity contribution is 5.88. The van der Waals surface area contributed by atoms with Crippen LogP contribution >= 0.6 is 0 Å². The van der Waals surface area contributed by atoms with Crippen LogP contribution in [0, 0.1) is 11.8 Å². The van der Waals surface area contributed by atoms with Gasteiger partial charge in [0.1, 0.15) is 6.54 Å². The maximum Gasteiger partial charge on any atom is 0.407 e. The number of nitrogens with zero attached hydrogens (tertiary/aromatic N) is 3. The molecular weight excluding hydrogens is 709 g/mol. The van der Waals surface area contributed by atoms with Crippen molar-refractivity contribution in [1.29, 1.82) is 0 Å². The van der Waals surface area contributed by atoms with Crippen molar-refractivity contribution in [2.75, 3.05) is 40.4 Å². The maximum absolute atomic E-state index is 12.7. The molecule has 2 aromatic heterocycles. The van der Waals surface area contributed by atoms with E-state index >= 15 is 0 Å². The van der Waals surface area contributed by atoms with Crippen LogP contribution in [0.4, 0.5) is 4.79 Å². The van der Waals surface area contributed by atoms with Gasteiger partial charge in [-0.1, -0.05) is 76.6 Å². The van der Waals surface area contributed by atoms with Crippen molar-refractivity contribution in [2.45, 2.75) is 72.3 Å². The fraction of sp³-hybridized carbons (Fsp3) is 0.432. The average molecular weight is 765 g/mol. The van der Waals surface area contributed by atoms with Crippen molar-refractivity contribution >= 4 is 45.8 Å². The Hall–Kier alpha value is -5.65. The van der Waals surface area contributed by atoms with Gasteiger partial charge in [-0.05, 0) is 83.5 Å².